The maximum Gasteiger partial charge on any atom is 0.271 e. The summed E-state index contributed by atoms with van der Waals surface area (Å²) in [4.78, 5) is 30.1. The number of benzene rings is 1. The number of non-ortho nitro benzene ring substituents is 1. The van der Waals surface area contributed by atoms with Gasteiger partial charge in [-0.3, -0.25) is 14.9 Å². The predicted molar refractivity (Wildman–Crippen MR) is 83.7 cm³/mol. The molecule has 0 radical (unpaired) electrons. The van der Waals surface area contributed by atoms with Crippen molar-refractivity contribution >= 4 is 22.5 Å². The molecule has 0 unspecified atom stereocenters. The Bertz CT molecular complexity index is 761. The van der Waals surface area contributed by atoms with Gasteiger partial charge in [0.05, 0.1) is 21.9 Å². The van der Waals surface area contributed by atoms with E-state index in [0.29, 0.717) is 17.4 Å². The van der Waals surface area contributed by atoms with Crippen molar-refractivity contribution in [2.75, 3.05) is 19.8 Å². The van der Waals surface area contributed by atoms with Crippen LogP contribution < -0.4 is 10.1 Å². The molecule has 1 aromatic heterocycles. The Morgan fingerprint density at radius 1 is 1.46 bits per heavy atom. The zero-order chi connectivity index (χ0) is 16.9. The maximum absolute atomic E-state index is 11.8. The van der Waals surface area contributed by atoms with E-state index in [4.69, 9.17) is 9.47 Å². The van der Waals surface area contributed by atoms with E-state index in [1.807, 2.05) is 0 Å². The highest BCUT2D eigenvalue weighted by atomic mass is 16.6. The second-order valence-electron chi connectivity index (χ2n) is 5.37. The quantitative estimate of drug-likeness (QED) is 0.624. The molecule has 9 heteroatoms. The molecular weight excluding hydrogens is 316 g/mol. The third-order valence-electron chi connectivity index (χ3n) is 3.69. The lowest BCUT2D eigenvalue weighted by molar-refractivity contribution is -0.384. The highest BCUT2D eigenvalue weighted by Gasteiger charge is 2.17. The van der Waals surface area contributed by atoms with Gasteiger partial charge in [0, 0.05) is 25.3 Å². The minimum absolute atomic E-state index is 0.0642. The molecule has 1 fully saturated rings. The summed E-state index contributed by atoms with van der Waals surface area (Å²) < 4.78 is 10.8. The molecular formula is C15H16N4O5. The zero-order valence-electron chi connectivity index (χ0n) is 12.8. The second kappa shape index (κ2) is 7.18. The van der Waals surface area contributed by atoms with E-state index < -0.39 is 4.92 Å². The van der Waals surface area contributed by atoms with Crippen molar-refractivity contribution in [1.29, 1.82) is 0 Å². The molecule has 0 bridgehead atoms. The Labute approximate surface area is 137 Å². The van der Waals surface area contributed by atoms with Gasteiger partial charge in [-0.1, -0.05) is 0 Å². The first-order valence-electron chi connectivity index (χ1n) is 7.54. The molecule has 1 atom stereocenters. The SMILES string of the molecule is O=C(COc1ncnc2cc([N+](=O)[O-])ccc12)NC[C@H]1CCCO1. The number of nitro groups is 1. The van der Waals surface area contributed by atoms with Crippen molar-refractivity contribution < 1.29 is 19.2 Å². The minimum atomic E-state index is -0.499. The summed E-state index contributed by atoms with van der Waals surface area (Å²) in [6.45, 7) is 0.991. The van der Waals surface area contributed by atoms with Crippen molar-refractivity contribution in [1.82, 2.24) is 15.3 Å². The molecule has 9 nitrogen and oxygen atoms in total. The van der Waals surface area contributed by atoms with E-state index in [1.165, 1.54) is 24.5 Å². The number of hydrogen-bond acceptors (Lipinski definition) is 7. The van der Waals surface area contributed by atoms with Crippen LogP contribution in [-0.4, -0.2) is 46.7 Å². The summed E-state index contributed by atoms with van der Waals surface area (Å²) in [7, 11) is 0. The van der Waals surface area contributed by atoms with E-state index in [2.05, 4.69) is 15.3 Å². The fraction of sp³-hybridized carbons (Fsp3) is 0.400. The van der Waals surface area contributed by atoms with Gasteiger partial charge in [-0.15, -0.1) is 0 Å². The Morgan fingerprint density at radius 2 is 2.33 bits per heavy atom. The summed E-state index contributed by atoms with van der Waals surface area (Å²) >= 11 is 0. The number of rotatable bonds is 6. The molecule has 126 valence electrons. The molecule has 1 amide bonds. The molecule has 2 heterocycles. The van der Waals surface area contributed by atoms with Gasteiger partial charge in [-0.2, -0.15) is 0 Å². The van der Waals surface area contributed by atoms with Crippen molar-refractivity contribution in [2.24, 2.45) is 0 Å². The summed E-state index contributed by atoms with van der Waals surface area (Å²) in [6, 6.07) is 4.19. The fourth-order valence-electron chi connectivity index (χ4n) is 2.47. The van der Waals surface area contributed by atoms with Crippen molar-refractivity contribution in [3.8, 4) is 5.88 Å². The molecule has 1 aliphatic heterocycles. The molecule has 0 aliphatic carbocycles. The number of aromatic nitrogens is 2. The number of nitrogens with one attached hydrogen (secondary N) is 1. The molecule has 0 spiro atoms. The normalized spacial score (nSPS) is 16.9. The Hall–Kier alpha value is -2.81. The van der Waals surface area contributed by atoms with Crippen molar-refractivity contribution in [3.63, 3.8) is 0 Å². The van der Waals surface area contributed by atoms with Crippen LogP contribution in [0.5, 0.6) is 5.88 Å². The monoisotopic (exact) mass is 332 g/mol. The first-order chi connectivity index (χ1) is 11.6. The molecule has 0 saturated carbocycles. The van der Waals surface area contributed by atoms with Crippen LogP contribution in [0.1, 0.15) is 12.8 Å². The van der Waals surface area contributed by atoms with E-state index >= 15 is 0 Å². The topological polar surface area (TPSA) is 116 Å². The van der Waals surface area contributed by atoms with Gasteiger partial charge in [0.1, 0.15) is 6.33 Å². The average molecular weight is 332 g/mol. The number of amides is 1. The first-order valence-corrected chi connectivity index (χ1v) is 7.54. The molecule has 1 saturated heterocycles. The molecule has 24 heavy (non-hydrogen) atoms. The molecule has 2 aromatic rings. The summed E-state index contributed by atoms with van der Waals surface area (Å²) in [5, 5.41) is 14.0. The lowest BCUT2D eigenvalue weighted by atomic mass is 10.2. The Balaban J connectivity index is 1.62. The predicted octanol–water partition coefficient (Wildman–Crippen LogP) is 1.21. The van der Waals surface area contributed by atoms with Crippen LogP contribution >= 0.6 is 0 Å². The Morgan fingerprint density at radius 3 is 3.08 bits per heavy atom. The fourth-order valence-corrected chi connectivity index (χ4v) is 2.47. The second-order valence-corrected chi connectivity index (χ2v) is 5.37. The average Bonchev–Trinajstić information content (AvgIpc) is 3.11. The number of nitrogens with zero attached hydrogens (tertiary/aromatic N) is 3. The highest BCUT2D eigenvalue weighted by molar-refractivity contribution is 5.85. The highest BCUT2D eigenvalue weighted by Crippen LogP contribution is 2.25. The first kappa shape index (κ1) is 16.1. The largest absolute Gasteiger partial charge is 0.467 e. The molecule has 1 aromatic carbocycles. The van der Waals surface area contributed by atoms with Crippen LogP contribution in [0.4, 0.5) is 5.69 Å². The summed E-state index contributed by atoms with van der Waals surface area (Å²) in [5.41, 5.74) is 0.315. The summed E-state index contributed by atoms with van der Waals surface area (Å²) in [6.07, 6.45) is 3.26. The van der Waals surface area contributed by atoms with Gasteiger partial charge in [0.15, 0.2) is 6.61 Å². The van der Waals surface area contributed by atoms with Crippen LogP contribution in [0, 0.1) is 10.1 Å². The lowest BCUT2D eigenvalue weighted by Gasteiger charge is -2.11. The van der Waals surface area contributed by atoms with Crippen LogP contribution in [0.2, 0.25) is 0 Å². The summed E-state index contributed by atoms with van der Waals surface area (Å²) in [5.74, 6) is -0.0682. The van der Waals surface area contributed by atoms with Crippen LogP contribution in [0.25, 0.3) is 10.9 Å². The molecule has 3 rings (SSSR count). The maximum atomic E-state index is 11.8. The number of carbonyl (C=O) groups excluding carboxylic acids is 1. The number of carbonyl (C=O) groups is 1. The van der Waals surface area contributed by atoms with E-state index in [-0.39, 0.29) is 30.2 Å². The number of hydrogen-bond donors (Lipinski definition) is 1. The van der Waals surface area contributed by atoms with Crippen LogP contribution in [-0.2, 0) is 9.53 Å². The minimum Gasteiger partial charge on any atom is -0.467 e. The smallest absolute Gasteiger partial charge is 0.271 e. The Kier molecular flexibility index (Phi) is 4.80. The van der Waals surface area contributed by atoms with E-state index in [0.717, 1.165) is 19.4 Å². The van der Waals surface area contributed by atoms with Crippen LogP contribution in [0.15, 0.2) is 24.5 Å². The third-order valence-corrected chi connectivity index (χ3v) is 3.69. The standard InChI is InChI=1S/C15H16N4O5/c20-14(16-7-11-2-1-5-23-11)8-24-15-12-4-3-10(19(21)22)6-13(12)17-9-18-15/h3-4,6,9,11H,1-2,5,7-8H2,(H,16,20)/t11-/m1/s1. The molecule has 1 aliphatic rings. The number of nitro benzene ring substituents is 1. The molecule has 1 N–H and O–H groups in total. The zero-order valence-corrected chi connectivity index (χ0v) is 12.8. The number of fused-ring (bicyclic) bond motifs is 1. The lowest BCUT2D eigenvalue weighted by Crippen LogP contribution is -2.35. The van der Waals surface area contributed by atoms with Gasteiger partial charge in [0.2, 0.25) is 5.88 Å². The third kappa shape index (κ3) is 3.74. The van der Waals surface area contributed by atoms with Gasteiger partial charge in [-0.25, -0.2) is 9.97 Å². The van der Waals surface area contributed by atoms with Crippen molar-refractivity contribution in [3.05, 3.63) is 34.6 Å². The van der Waals surface area contributed by atoms with Crippen molar-refractivity contribution in [2.45, 2.75) is 18.9 Å². The van der Waals surface area contributed by atoms with Gasteiger partial charge in [0.25, 0.3) is 11.6 Å². The van der Waals surface area contributed by atoms with E-state index in [9.17, 15) is 14.9 Å². The van der Waals surface area contributed by atoms with Gasteiger partial charge < -0.3 is 14.8 Å². The van der Waals surface area contributed by atoms with Gasteiger partial charge in [-0.05, 0) is 18.9 Å². The van der Waals surface area contributed by atoms with Gasteiger partial charge >= 0.3 is 0 Å². The van der Waals surface area contributed by atoms with E-state index in [1.54, 1.807) is 0 Å². The van der Waals surface area contributed by atoms with Crippen LogP contribution in [0.3, 0.4) is 0 Å². The number of ether oxygens (including phenoxy) is 2.